The Bertz CT molecular complexity index is 1270. The number of sulfonamides is 1. The first-order chi connectivity index (χ1) is 16.8. The van der Waals surface area contributed by atoms with Crippen LogP contribution in [0.5, 0.6) is 0 Å². The van der Waals surface area contributed by atoms with Gasteiger partial charge in [0.1, 0.15) is 0 Å². The number of para-hydroxylation sites is 1. The molecule has 2 N–H and O–H groups in total. The van der Waals surface area contributed by atoms with Crippen molar-refractivity contribution in [1.82, 2.24) is 19.4 Å². The predicted octanol–water partition coefficient (Wildman–Crippen LogP) is 2.63. The Morgan fingerprint density at radius 3 is 2.37 bits per heavy atom. The molecule has 2 heterocycles. The molecule has 186 valence electrons. The highest BCUT2D eigenvalue weighted by Crippen LogP contribution is 2.20. The Balaban J connectivity index is 1.36. The van der Waals surface area contributed by atoms with Crippen molar-refractivity contribution in [3.05, 3.63) is 71.5 Å². The van der Waals surface area contributed by atoms with Crippen LogP contribution in [0.15, 0.2) is 59.5 Å². The molecule has 0 aliphatic carbocycles. The molecule has 1 aromatic heterocycles. The fourth-order valence-electron chi connectivity index (χ4n) is 4.00. The summed E-state index contributed by atoms with van der Waals surface area (Å²) in [4.78, 5) is 12.9. The quantitative estimate of drug-likeness (QED) is 0.496. The number of morpholine rings is 1. The van der Waals surface area contributed by atoms with Gasteiger partial charge in [-0.05, 0) is 57.2 Å². The molecule has 10 heteroatoms. The molecule has 2 aromatic carbocycles. The molecule has 4 rings (SSSR count). The molecule has 9 nitrogen and oxygen atoms in total. The van der Waals surface area contributed by atoms with Gasteiger partial charge in [-0.1, -0.05) is 18.2 Å². The SMILES string of the molecule is Cc1nn(-c2ccccc2)c(C)c1CNC(C)C(=O)Nc1ccc(S(=O)(=O)N2CCOCC2)cc1. The van der Waals surface area contributed by atoms with Crippen molar-refractivity contribution < 1.29 is 17.9 Å². The number of amides is 1. The predicted molar refractivity (Wildman–Crippen MR) is 134 cm³/mol. The van der Waals surface area contributed by atoms with Crippen LogP contribution in [0.1, 0.15) is 23.9 Å². The van der Waals surface area contributed by atoms with E-state index in [1.165, 1.54) is 16.4 Å². The van der Waals surface area contributed by atoms with Crippen molar-refractivity contribution in [2.45, 2.75) is 38.3 Å². The van der Waals surface area contributed by atoms with Gasteiger partial charge in [0.05, 0.1) is 35.5 Å². The first kappa shape index (κ1) is 25.1. The van der Waals surface area contributed by atoms with Crippen LogP contribution >= 0.6 is 0 Å². The van der Waals surface area contributed by atoms with Gasteiger partial charge in [0.25, 0.3) is 0 Å². The zero-order valence-electron chi connectivity index (χ0n) is 20.2. The second-order valence-corrected chi connectivity index (χ2v) is 10.5. The molecule has 0 saturated carbocycles. The van der Waals surface area contributed by atoms with E-state index in [1.807, 2.05) is 48.9 Å². The van der Waals surface area contributed by atoms with Crippen LogP contribution in [0.2, 0.25) is 0 Å². The Hall–Kier alpha value is -3.05. The first-order valence-electron chi connectivity index (χ1n) is 11.6. The maximum atomic E-state index is 12.8. The molecular weight excluding hydrogens is 466 g/mol. The monoisotopic (exact) mass is 497 g/mol. The van der Waals surface area contributed by atoms with Gasteiger partial charge in [-0.25, -0.2) is 13.1 Å². The summed E-state index contributed by atoms with van der Waals surface area (Å²) in [5.74, 6) is -0.209. The van der Waals surface area contributed by atoms with Crippen LogP contribution < -0.4 is 10.6 Å². The number of aryl methyl sites for hydroxylation is 1. The van der Waals surface area contributed by atoms with E-state index in [1.54, 1.807) is 19.1 Å². The van der Waals surface area contributed by atoms with Crippen molar-refractivity contribution in [1.29, 1.82) is 0 Å². The molecule has 1 atom stereocenters. The number of nitrogens with one attached hydrogen (secondary N) is 2. The van der Waals surface area contributed by atoms with Gasteiger partial charge in [-0.3, -0.25) is 4.79 Å². The second kappa shape index (κ2) is 10.7. The number of aromatic nitrogens is 2. The van der Waals surface area contributed by atoms with E-state index in [9.17, 15) is 13.2 Å². The summed E-state index contributed by atoms with van der Waals surface area (Å²) in [5.41, 5.74) is 4.50. The summed E-state index contributed by atoms with van der Waals surface area (Å²) in [6.07, 6.45) is 0. The third kappa shape index (κ3) is 5.62. The number of hydrogen-bond donors (Lipinski definition) is 2. The zero-order valence-corrected chi connectivity index (χ0v) is 21.0. The normalized spacial score (nSPS) is 15.6. The fraction of sp³-hybridized carbons (Fsp3) is 0.360. The van der Waals surface area contributed by atoms with Crippen molar-refractivity contribution in [3.63, 3.8) is 0 Å². The Morgan fingerprint density at radius 1 is 1.06 bits per heavy atom. The molecule has 0 spiro atoms. The molecule has 0 bridgehead atoms. The number of hydrogen-bond acceptors (Lipinski definition) is 6. The van der Waals surface area contributed by atoms with Crippen molar-refractivity contribution in [2.75, 3.05) is 31.6 Å². The average Bonchev–Trinajstić information content (AvgIpc) is 3.16. The van der Waals surface area contributed by atoms with Crippen LogP contribution in [-0.4, -0.2) is 60.8 Å². The largest absolute Gasteiger partial charge is 0.379 e. The minimum atomic E-state index is -3.57. The number of benzene rings is 2. The summed E-state index contributed by atoms with van der Waals surface area (Å²) in [6.45, 7) is 7.73. The molecule has 1 aliphatic heterocycles. The van der Waals surface area contributed by atoms with Crippen LogP contribution in [0.4, 0.5) is 5.69 Å². The Kier molecular flexibility index (Phi) is 7.66. The second-order valence-electron chi connectivity index (χ2n) is 8.53. The minimum Gasteiger partial charge on any atom is -0.379 e. The molecule has 35 heavy (non-hydrogen) atoms. The van der Waals surface area contributed by atoms with Gasteiger partial charge in [0.2, 0.25) is 15.9 Å². The van der Waals surface area contributed by atoms with Gasteiger partial charge in [-0.15, -0.1) is 0 Å². The molecule has 1 fully saturated rings. The van der Waals surface area contributed by atoms with E-state index in [0.29, 0.717) is 38.5 Å². The lowest BCUT2D eigenvalue weighted by molar-refractivity contribution is -0.117. The first-order valence-corrected chi connectivity index (χ1v) is 13.0. The van der Waals surface area contributed by atoms with Crippen molar-refractivity contribution in [3.8, 4) is 5.69 Å². The standard InChI is InChI=1S/C25H31N5O4S/c1-18-24(20(3)30(28-18)22-7-5-4-6-8-22)17-26-19(2)25(31)27-21-9-11-23(12-10-21)35(32,33)29-13-15-34-16-14-29/h4-12,19,26H,13-17H2,1-3H3,(H,27,31). The van der Waals surface area contributed by atoms with Crippen LogP contribution in [-0.2, 0) is 26.1 Å². The third-order valence-corrected chi connectivity index (χ3v) is 8.06. The summed E-state index contributed by atoms with van der Waals surface area (Å²) in [5, 5.41) is 10.8. The van der Waals surface area contributed by atoms with Gasteiger partial charge in [-0.2, -0.15) is 9.40 Å². The molecule has 1 unspecified atom stereocenters. The van der Waals surface area contributed by atoms with Gasteiger partial charge < -0.3 is 15.4 Å². The lowest BCUT2D eigenvalue weighted by Crippen LogP contribution is -2.40. The maximum absolute atomic E-state index is 12.8. The van der Waals surface area contributed by atoms with Gasteiger partial charge >= 0.3 is 0 Å². The molecular formula is C25H31N5O4S. The number of nitrogens with zero attached hydrogens (tertiary/aromatic N) is 3. The van der Waals surface area contributed by atoms with E-state index in [0.717, 1.165) is 22.6 Å². The number of carbonyl (C=O) groups excluding carboxylic acids is 1. The smallest absolute Gasteiger partial charge is 0.243 e. The maximum Gasteiger partial charge on any atom is 0.243 e. The lowest BCUT2D eigenvalue weighted by Gasteiger charge is -2.26. The topological polar surface area (TPSA) is 106 Å². The Labute approximate surface area is 206 Å². The van der Waals surface area contributed by atoms with Crippen molar-refractivity contribution in [2.24, 2.45) is 0 Å². The molecule has 3 aromatic rings. The van der Waals surface area contributed by atoms with E-state index in [2.05, 4.69) is 15.7 Å². The number of rotatable bonds is 8. The van der Waals surface area contributed by atoms with Gasteiger partial charge in [0, 0.05) is 36.6 Å². The summed E-state index contributed by atoms with van der Waals surface area (Å²) < 4.78 is 34.1. The lowest BCUT2D eigenvalue weighted by atomic mass is 10.1. The molecule has 1 amide bonds. The summed E-state index contributed by atoms with van der Waals surface area (Å²) in [7, 11) is -3.57. The molecule has 0 radical (unpaired) electrons. The van der Waals surface area contributed by atoms with E-state index < -0.39 is 16.1 Å². The summed E-state index contributed by atoms with van der Waals surface area (Å²) >= 11 is 0. The van der Waals surface area contributed by atoms with Gasteiger partial charge in [0.15, 0.2) is 0 Å². The highest BCUT2D eigenvalue weighted by Gasteiger charge is 2.26. The Morgan fingerprint density at radius 2 is 1.71 bits per heavy atom. The highest BCUT2D eigenvalue weighted by molar-refractivity contribution is 7.89. The third-order valence-electron chi connectivity index (χ3n) is 6.15. The zero-order chi connectivity index (χ0) is 25.0. The van der Waals surface area contributed by atoms with Crippen LogP contribution in [0.25, 0.3) is 5.69 Å². The van der Waals surface area contributed by atoms with E-state index >= 15 is 0 Å². The van der Waals surface area contributed by atoms with E-state index in [4.69, 9.17) is 4.74 Å². The number of ether oxygens (including phenoxy) is 1. The molecule has 1 aliphatic rings. The van der Waals surface area contributed by atoms with E-state index in [-0.39, 0.29) is 10.8 Å². The number of carbonyl (C=O) groups is 1. The average molecular weight is 498 g/mol. The van der Waals surface area contributed by atoms with Crippen LogP contribution in [0.3, 0.4) is 0 Å². The van der Waals surface area contributed by atoms with Crippen molar-refractivity contribution >= 4 is 21.6 Å². The number of anilines is 1. The molecule has 1 saturated heterocycles. The summed E-state index contributed by atoms with van der Waals surface area (Å²) in [6, 6.07) is 15.7. The minimum absolute atomic E-state index is 0.199. The highest BCUT2D eigenvalue weighted by atomic mass is 32.2. The van der Waals surface area contributed by atoms with Crippen LogP contribution in [0, 0.1) is 13.8 Å². The fourth-order valence-corrected chi connectivity index (χ4v) is 5.40.